The number of nitrogens with one attached hydrogen (secondary N) is 1. The molecule has 0 bridgehead atoms. The molecule has 128 valence electrons. The van der Waals surface area contributed by atoms with Gasteiger partial charge in [0.25, 0.3) is 0 Å². The lowest BCUT2D eigenvalue weighted by Gasteiger charge is -2.32. The van der Waals surface area contributed by atoms with Gasteiger partial charge in [-0.05, 0) is 24.6 Å². The van der Waals surface area contributed by atoms with Crippen LogP contribution in [0.2, 0.25) is 0 Å². The molecule has 0 aromatic heterocycles. The van der Waals surface area contributed by atoms with E-state index in [2.05, 4.69) is 5.32 Å². The van der Waals surface area contributed by atoms with E-state index in [1.54, 1.807) is 18.2 Å². The highest BCUT2D eigenvalue weighted by molar-refractivity contribution is 5.45. The molecule has 1 aliphatic rings. The van der Waals surface area contributed by atoms with Crippen LogP contribution in [0.1, 0.15) is 18.6 Å². The van der Waals surface area contributed by atoms with Crippen molar-refractivity contribution in [3.05, 3.63) is 54.1 Å². The quantitative estimate of drug-likeness (QED) is 0.853. The van der Waals surface area contributed by atoms with Crippen molar-refractivity contribution < 1.29 is 19.3 Å². The maximum Gasteiger partial charge on any atom is 0.164 e. The molecule has 2 atom stereocenters. The third kappa shape index (κ3) is 3.99. The predicted octanol–water partition coefficient (Wildman–Crippen LogP) is 2.90. The Morgan fingerprint density at radius 2 is 2.04 bits per heavy atom. The highest BCUT2D eigenvalue weighted by Gasteiger charge is 2.28. The van der Waals surface area contributed by atoms with E-state index >= 15 is 0 Å². The average Bonchev–Trinajstić information content (AvgIpc) is 2.63. The van der Waals surface area contributed by atoms with Gasteiger partial charge in [0.15, 0.2) is 17.6 Å². The summed E-state index contributed by atoms with van der Waals surface area (Å²) in [7, 11) is 0. The van der Waals surface area contributed by atoms with Crippen molar-refractivity contribution in [3.8, 4) is 17.2 Å². The molecule has 1 saturated heterocycles. The number of benzene rings is 2. The van der Waals surface area contributed by atoms with Crippen LogP contribution in [0, 0.1) is 0 Å². The van der Waals surface area contributed by atoms with Gasteiger partial charge in [0.2, 0.25) is 0 Å². The Balaban J connectivity index is 1.89. The monoisotopic (exact) mass is 329 g/mol. The van der Waals surface area contributed by atoms with Gasteiger partial charge >= 0.3 is 0 Å². The number of phenols is 1. The normalized spacial score (nSPS) is 18.8. The third-order valence-corrected chi connectivity index (χ3v) is 3.90. The van der Waals surface area contributed by atoms with Crippen molar-refractivity contribution in [2.24, 2.45) is 0 Å². The van der Waals surface area contributed by atoms with Crippen LogP contribution in [0.4, 0.5) is 0 Å². The summed E-state index contributed by atoms with van der Waals surface area (Å²) in [5.41, 5.74) is 1.04. The van der Waals surface area contributed by atoms with Crippen LogP contribution in [0.5, 0.6) is 17.2 Å². The zero-order valence-corrected chi connectivity index (χ0v) is 13.8. The largest absolute Gasteiger partial charge is 0.508 e. The molecular formula is C19H23NO4. The molecule has 2 N–H and O–H groups in total. The summed E-state index contributed by atoms with van der Waals surface area (Å²) >= 11 is 0. The SMILES string of the molecule is CCOc1cc(O)ccc1OC(c1ccccc1)C1CNCCO1. The first-order chi connectivity index (χ1) is 11.8. The summed E-state index contributed by atoms with van der Waals surface area (Å²) in [6.07, 6.45) is -0.354. The van der Waals surface area contributed by atoms with Gasteiger partial charge in [-0.15, -0.1) is 0 Å². The number of ether oxygens (including phenoxy) is 3. The predicted molar refractivity (Wildman–Crippen MR) is 91.7 cm³/mol. The van der Waals surface area contributed by atoms with Gasteiger partial charge in [0.05, 0.1) is 13.2 Å². The van der Waals surface area contributed by atoms with E-state index in [4.69, 9.17) is 14.2 Å². The second kappa shape index (κ2) is 8.04. The van der Waals surface area contributed by atoms with E-state index < -0.39 is 0 Å². The van der Waals surface area contributed by atoms with Crippen LogP contribution < -0.4 is 14.8 Å². The van der Waals surface area contributed by atoms with E-state index in [0.29, 0.717) is 24.7 Å². The van der Waals surface area contributed by atoms with Crippen molar-refractivity contribution in [1.29, 1.82) is 0 Å². The van der Waals surface area contributed by atoms with Gasteiger partial charge in [-0.25, -0.2) is 0 Å². The van der Waals surface area contributed by atoms with Crippen molar-refractivity contribution >= 4 is 0 Å². The van der Waals surface area contributed by atoms with E-state index in [9.17, 15) is 5.11 Å². The topological polar surface area (TPSA) is 60.0 Å². The van der Waals surface area contributed by atoms with Gasteiger partial charge in [-0.2, -0.15) is 0 Å². The van der Waals surface area contributed by atoms with Crippen molar-refractivity contribution in [2.75, 3.05) is 26.3 Å². The highest BCUT2D eigenvalue weighted by Crippen LogP contribution is 2.36. The van der Waals surface area contributed by atoms with Crippen molar-refractivity contribution in [1.82, 2.24) is 5.32 Å². The molecule has 1 aliphatic heterocycles. The summed E-state index contributed by atoms with van der Waals surface area (Å²) < 4.78 is 17.8. The lowest BCUT2D eigenvalue weighted by Crippen LogP contribution is -2.43. The van der Waals surface area contributed by atoms with Crippen LogP contribution in [-0.2, 0) is 4.74 Å². The highest BCUT2D eigenvalue weighted by atomic mass is 16.6. The summed E-state index contributed by atoms with van der Waals surface area (Å²) in [6.45, 7) is 4.63. The molecule has 2 aromatic rings. The van der Waals surface area contributed by atoms with E-state index in [1.165, 1.54) is 0 Å². The molecule has 5 nitrogen and oxygen atoms in total. The third-order valence-electron chi connectivity index (χ3n) is 3.90. The van der Waals surface area contributed by atoms with Gasteiger partial charge in [0, 0.05) is 19.2 Å². The minimum absolute atomic E-state index is 0.0931. The first-order valence-corrected chi connectivity index (χ1v) is 8.27. The molecule has 2 aromatic carbocycles. The molecule has 0 radical (unpaired) electrons. The maximum absolute atomic E-state index is 9.69. The van der Waals surface area contributed by atoms with Gasteiger partial charge < -0.3 is 24.6 Å². The summed E-state index contributed by atoms with van der Waals surface area (Å²) in [4.78, 5) is 0. The van der Waals surface area contributed by atoms with Crippen molar-refractivity contribution in [2.45, 2.75) is 19.1 Å². The fraction of sp³-hybridized carbons (Fsp3) is 0.368. The van der Waals surface area contributed by atoms with Crippen LogP contribution in [0.15, 0.2) is 48.5 Å². The van der Waals surface area contributed by atoms with Crippen LogP contribution >= 0.6 is 0 Å². The fourth-order valence-corrected chi connectivity index (χ4v) is 2.78. The Labute approximate surface area is 142 Å². The average molecular weight is 329 g/mol. The Kier molecular flexibility index (Phi) is 5.56. The summed E-state index contributed by atoms with van der Waals surface area (Å²) in [6, 6.07) is 14.9. The zero-order chi connectivity index (χ0) is 16.8. The molecule has 5 heteroatoms. The number of hydrogen-bond donors (Lipinski definition) is 2. The number of rotatable bonds is 6. The molecule has 3 rings (SSSR count). The number of phenolic OH excluding ortho intramolecular Hbond substituents is 1. The Morgan fingerprint density at radius 1 is 1.21 bits per heavy atom. The molecular weight excluding hydrogens is 306 g/mol. The molecule has 0 saturated carbocycles. The molecule has 1 heterocycles. The summed E-state index contributed by atoms with van der Waals surface area (Å²) in [5.74, 6) is 1.28. The zero-order valence-electron chi connectivity index (χ0n) is 13.8. The Hall–Kier alpha value is -2.24. The number of hydrogen-bond acceptors (Lipinski definition) is 5. The first kappa shape index (κ1) is 16.6. The smallest absolute Gasteiger partial charge is 0.164 e. The minimum atomic E-state index is -0.261. The second-order valence-corrected chi connectivity index (χ2v) is 5.63. The Bertz CT molecular complexity index is 641. The second-order valence-electron chi connectivity index (χ2n) is 5.63. The Morgan fingerprint density at radius 3 is 2.75 bits per heavy atom. The van der Waals surface area contributed by atoms with Gasteiger partial charge in [-0.3, -0.25) is 0 Å². The maximum atomic E-state index is 9.69. The molecule has 0 aliphatic carbocycles. The van der Waals surface area contributed by atoms with Gasteiger partial charge in [-0.1, -0.05) is 30.3 Å². The molecule has 0 amide bonds. The first-order valence-electron chi connectivity index (χ1n) is 8.27. The molecule has 2 unspecified atom stereocenters. The standard InChI is InChI=1S/C19H23NO4/c1-2-22-17-12-15(21)8-9-16(17)24-19(14-6-4-3-5-7-14)18-13-20-10-11-23-18/h3-9,12,18-21H,2,10-11,13H2,1H3. The fourth-order valence-electron chi connectivity index (χ4n) is 2.78. The molecule has 0 spiro atoms. The van der Waals surface area contributed by atoms with E-state index in [-0.39, 0.29) is 18.0 Å². The molecule has 24 heavy (non-hydrogen) atoms. The minimum Gasteiger partial charge on any atom is -0.508 e. The lowest BCUT2D eigenvalue weighted by atomic mass is 10.0. The van der Waals surface area contributed by atoms with Crippen molar-refractivity contribution in [3.63, 3.8) is 0 Å². The van der Waals surface area contributed by atoms with Crippen LogP contribution in [0.3, 0.4) is 0 Å². The van der Waals surface area contributed by atoms with Gasteiger partial charge in [0.1, 0.15) is 11.9 Å². The number of aromatic hydroxyl groups is 1. The van der Waals surface area contributed by atoms with E-state index in [1.807, 2.05) is 37.3 Å². The van der Waals surface area contributed by atoms with E-state index in [0.717, 1.165) is 18.7 Å². The molecule has 1 fully saturated rings. The lowest BCUT2D eigenvalue weighted by molar-refractivity contribution is -0.0439. The van der Waals surface area contributed by atoms with Crippen LogP contribution in [0.25, 0.3) is 0 Å². The summed E-state index contributed by atoms with van der Waals surface area (Å²) in [5, 5.41) is 13.0. The van der Waals surface area contributed by atoms with Crippen LogP contribution in [-0.4, -0.2) is 37.5 Å². The number of morpholine rings is 1.